The Morgan fingerprint density at radius 2 is 2.29 bits per heavy atom. The van der Waals surface area contributed by atoms with Crippen molar-refractivity contribution in [3.8, 4) is 0 Å². The van der Waals surface area contributed by atoms with Crippen molar-refractivity contribution >= 4 is 11.6 Å². The molecule has 17 heavy (non-hydrogen) atoms. The second-order valence-corrected chi connectivity index (χ2v) is 3.66. The lowest BCUT2D eigenvalue weighted by molar-refractivity contribution is -0.166. The molecule has 1 amide bonds. The number of carbonyl (C=O) groups excluding carboxylic acids is 1. The summed E-state index contributed by atoms with van der Waals surface area (Å²) in [7, 11) is 1.42. The van der Waals surface area contributed by atoms with E-state index in [1.807, 2.05) is 0 Å². The van der Waals surface area contributed by atoms with Gasteiger partial charge in [-0.2, -0.15) is 13.2 Å². The maximum atomic E-state index is 12.0. The zero-order valence-electron chi connectivity index (χ0n) is 9.47. The first-order valence-corrected chi connectivity index (χ1v) is 5.01. The first kappa shape index (κ1) is 13.5. The fourth-order valence-corrected chi connectivity index (χ4v) is 1.26. The molecule has 1 N–H and O–H groups in total. The van der Waals surface area contributed by atoms with Crippen LogP contribution in [0.4, 0.5) is 13.2 Å². The summed E-state index contributed by atoms with van der Waals surface area (Å²) >= 11 is 0. The van der Waals surface area contributed by atoms with Crippen LogP contribution >= 0.6 is 0 Å². The Labute approximate surface area is 96.5 Å². The number of dihydropyridines is 1. The molecule has 1 aliphatic rings. The summed E-state index contributed by atoms with van der Waals surface area (Å²) in [6.45, 7) is 0.572. The fraction of sp³-hybridized carbons (Fsp3) is 0.600. The number of nitrogens with one attached hydrogen (secondary N) is 1. The molecule has 0 spiro atoms. The van der Waals surface area contributed by atoms with E-state index in [9.17, 15) is 18.0 Å². The van der Waals surface area contributed by atoms with Gasteiger partial charge in [-0.05, 0) is 0 Å². The minimum atomic E-state index is -4.39. The molecular formula is C10H13F3N2O2. The molecule has 1 aliphatic heterocycles. The molecule has 1 heterocycles. The number of rotatable bonds is 3. The fourth-order valence-electron chi connectivity index (χ4n) is 1.26. The zero-order valence-corrected chi connectivity index (χ0v) is 9.47. The highest BCUT2D eigenvalue weighted by molar-refractivity contribution is 6.43. The number of amides is 1. The molecule has 0 aromatic heterocycles. The van der Waals surface area contributed by atoms with Crippen LogP contribution < -0.4 is 5.32 Å². The molecule has 1 rings (SSSR count). The van der Waals surface area contributed by atoms with E-state index in [1.54, 1.807) is 6.92 Å². The summed E-state index contributed by atoms with van der Waals surface area (Å²) in [5, 5.41) is 2.35. The van der Waals surface area contributed by atoms with Gasteiger partial charge in [0.1, 0.15) is 11.5 Å². The minimum Gasteiger partial charge on any atom is -0.488 e. The average molecular weight is 250 g/mol. The lowest BCUT2D eigenvalue weighted by Crippen LogP contribution is -2.30. The smallest absolute Gasteiger partial charge is 0.422 e. The predicted molar refractivity (Wildman–Crippen MR) is 55.6 cm³/mol. The first-order chi connectivity index (χ1) is 7.83. The van der Waals surface area contributed by atoms with Gasteiger partial charge in [0.2, 0.25) is 0 Å². The molecule has 0 aromatic carbocycles. The summed E-state index contributed by atoms with van der Waals surface area (Å²) in [5.41, 5.74) is 0.0859. The summed E-state index contributed by atoms with van der Waals surface area (Å²) in [5.74, 6) is -0.563. The van der Waals surface area contributed by atoms with Crippen LogP contribution in [0.25, 0.3) is 0 Å². The van der Waals surface area contributed by atoms with E-state index in [1.165, 1.54) is 13.1 Å². The van der Waals surface area contributed by atoms with Gasteiger partial charge in [0, 0.05) is 25.6 Å². The monoisotopic (exact) mass is 250 g/mol. The molecule has 0 saturated heterocycles. The Kier molecular flexibility index (Phi) is 4.14. The Morgan fingerprint density at radius 1 is 1.65 bits per heavy atom. The summed E-state index contributed by atoms with van der Waals surface area (Å²) in [6.07, 6.45) is -3.14. The molecule has 4 nitrogen and oxygen atoms in total. The van der Waals surface area contributed by atoms with Crippen molar-refractivity contribution < 1.29 is 22.7 Å². The van der Waals surface area contributed by atoms with Gasteiger partial charge in [-0.15, -0.1) is 0 Å². The van der Waals surface area contributed by atoms with Crippen LogP contribution in [-0.4, -0.2) is 38.0 Å². The van der Waals surface area contributed by atoms with Crippen LogP contribution in [0.1, 0.15) is 6.92 Å². The number of hydrogen-bond donors (Lipinski definition) is 1. The highest BCUT2D eigenvalue weighted by Gasteiger charge is 2.30. The summed E-state index contributed by atoms with van der Waals surface area (Å²) in [4.78, 5) is 15.2. The maximum absolute atomic E-state index is 12.0. The lowest BCUT2D eigenvalue weighted by Gasteiger charge is -2.20. The number of hydrogen-bond acceptors (Lipinski definition) is 3. The molecule has 0 fully saturated rings. The Morgan fingerprint density at radius 3 is 2.82 bits per heavy atom. The number of alkyl halides is 3. The van der Waals surface area contributed by atoms with Crippen LogP contribution in [0.15, 0.2) is 16.8 Å². The van der Waals surface area contributed by atoms with Gasteiger partial charge in [0.15, 0.2) is 6.61 Å². The van der Waals surface area contributed by atoms with Gasteiger partial charge in [0.25, 0.3) is 5.91 Å². The quantitative estimate of drug-likeness (QED) is 0.820. The number of ether oxygens (including phenoxy) is 1. The third-order valence-electron chi connectivity index (χ3n) is 2.16. The van der Waals surface area contributed by atoms with Gasteiger partial charge in [-0.1, -0.05) is 6.92 Å². The second-order valence-electron chi connectivity index (χ2n) is 3.66. The molecule has 0 bridgehead atoms. The molecule has 1 unspecified atom stereocenters. The summed E-state index contributed by atoms with van der Waals surface area (Å²) < 4.78 is 40.7. The highest BCUT2D eigenvalue weighted by atomic mass is 19.4. The standard InChI is InChI=1S/C10H13F3N2O2/c1-6-4-15-7(9(16)14-2)3-8(6)17-5-10(11,12)13/h3,6H,4-5H2,1-2H3,(H,14,16). The Balaban J connectivity index is 2.72. The topological polar surface area (TPSA) is 50.7 Å². The van der Waals surface area contributed by atoms with Gasteiger partial charge >= 0.3 is 6.18 Å². The predicted octanol–water partition coefficient (Wildman–Crippen LogP) is 1.29. The van der Waals surface area contributed by atoms with Crippen LogP contribution in [-0.2, 0) is 9.53 Å². The van der Waals surface area contributed by atoms with Gasteiger partial charge in [-0.25, -0.2) is 0 Å². The summed E-state index contributed by atoms with van der Waals surface area (Å²) in [6, 6.07) is 0. The van der Waals surface area contributed by atoms with E-state index in [0.29, 0.717) is 0 Å². The van der Waals surface area contributed by atoms with Crippen LogP contribution in [0.3, 0.4) is 0 Å². The van der Waals surface area contributed by atoms with Gasteiger partial charge in [-0.3, -0.25) is 9.79 Å². The van der Waals surface area contributed by atoms with Crippen molar-refractivity contribution in [3.63, 3.8) is 0 Å². The SMILES string of the molecule is CNC(=O)C1=NCC(C)C(OCC(F)(F)F)=C1. The molecule has 7 heteroatoms. The van der Waals surface area contributed by atoms with Crippen molar-refractivity contribution in [3.05, 3.63) is 11.8 Å². The molecule has 0 aliphatic carbocycles. The normalized spacial score (nSPS) is 20.4. The van der Waals surface area contributed by atoms with Crippen molar-refractivity contribution in [2.75, 3.05) is 20.2 Å². The van der Waals surface area contributed by atoms with Gasteiger partial charge < -0.3 is 10.1 Å². The van der Waals surface area contributed by atoms with E-state index >= 15 is 0 Å². The van der Waals surface area contributed by atoms with E-state index in [0.717, 1.165) is 0 Å². The Bertz CT molecular complexity index is 361. The third-order valence-corrected chi connectivity index (χ3v) is 2.16. The average Bonchev–Trinajstić information content (AvgIpc) is 2.26. The third kappa shape index (κ3) is 4.08. The Hall–Kier alpha value is -1.53. The molecule has 0 aromatic rings. The molecule has 0 radical (unpaired) electrons. The van der Waals surface area contributed by atoms with Crippen molar-refractivity contribution in [2.24, 2.45) is 10.9 Å². The van der Waals surface area contributed by atoms with Crippen LogP contribution in [0.5, 0.6) is 0 Å². The van der Waals surface area contributed by atoms with Crippen molar-refractivity contribution in [1.29, 1.82) is 0 Å². The molecule has 1 atom stereocenters. The molecule has 0 saturated carbocycles. The van der Waals surface area contributed by atoms with Crippen molar-refractivity contribution in [2.45, 2.75) is 13.1 Å². The van der Waals surface area contributed by atoms with Crippen LogP contribution in [0, 0.1) is 5.92 Å². The van der Waals surface area contributed by atoms with E-state index in [-0.39, 0.29) is 23.9 Å². The van der Waals surface area contributed by atoms with Crippen LogP contribution in [0.2, 0.25) is 0 Å². The molecular weight excluding hydrogens is 237 g/mol. The molecule has 96 valence electrons. The second kappa shape index (κ2) is 5.20. The number of carbonyl (C=O) groups is 1. The largest absolute Gasteiger partial charge is 0.488 e. The van der Waals surface area contributed by atoms with Gasteiger partial charge in [0.05, 0.1) is 0 Å². The highest BCUT2D eigenvalue weighted by Crippen LogP contribution is 2.22. The maximum Gasteiger partial charge on any atom is 0.422 e. The zero-order chi connectivity index (χ0) is 13.1. The number of aliphatic imine (C=N–C) groups is 1. The van der Waals surface area contributed by atoms with E-state index < -0.39 is 18.7 Å². The van der Waals surface area contributed by atoms with E-state index in [4.69, 9.17) is 0 Å². The lowest BCUT2D eigenvalue weighted by atomic mass is 10.1. The number of halogens is 3. The van der Waals surface area contributed by atoms with E-state index in [2.05, 4.69) is 15.0 Å². The minimum absolute atomic E-state index is 0.0859. The van der Waals surface area contributed by atoms with Crippen molar-refractivity contribution in [1.82, 2.24) is 5.32 Å². The number of nitrogens with zero attached hydrogens (tertiary/aromatic N) is 1. The first-order valence-electron chi connectivity index (χ1n) is 5.01.